The van der Waals surface area contributed by atoms with Crippen LogP contribution in [0.4, 0.5) is 4.79 Å². The fourth-order valence-corrected chi connectivity index (χ4v) is 2.40. The van der Waals surface area contributed by atoms with Crippen LogP contribution in [-0.2, 0) is 28.5 Å². The quantitative estimate of drug-likeness (QED) is 0.240. The largest absolute Gasteiger partial charge is 0.508 e. The molecule has 0 radical (unpaired) electrons. The molecule has 0 N–H and O–H groups in total. The molecular weight excluding hydrogens is 362 g/mol. The Morgan fingerprint density at radius 3 is 2.52 bits per heavy atom. The SMILES string of the molecule is COC(=O)OC[C@@H]1OC(OC(C)=O)[C@@H](OC(=O)c2ccccc2)[C@H]1N=[N+]=[N-]. The molecule has 0 aliphatic carbocycles. The molecule has 0 aromatic heterocycles. The Morgan fingerprint density at radius 2 is 1.93 bits per heavy atom. The van der Waals surface area contributed by atoms with Gasteiger partial charge in [-0.3, -0.25) is 4.79 Å². The Labute approximate surface area is 153 Å². The molecule has 144 valence electrons. The first kappa shape index (κ1) is 20.0. The van der Waals surface area contributed by atoms with Gasteiger partial charge in [0.2, 0.25) is 6.29 Å². The van der Waals surface area contributed by atoms with Crippen molar-refractivity contribution in [2.75, 3.05) is 13.7 Å². The lowest BCUT2D eigenvalue weighted by Crippen LogP contribution is -2.38. The number of hydrogen-bond donors (Lipinski definition) is 0. The molecule has 1 fully saturated rings. The number of rotatable bonds is 6. The van der Waals surface area contributed by atoms with Crippen LogP contribution >= 0.6 is 0 Å². The number of esters is 2. The standard InChI is InChI=1S/C16H17N3O8/c1-9(20)25-15-13(27-14(21)10-6-4-3-5-7-10)12(18-19-17)11(26-15)8-24-16(22)23-2/h3-7,11-13,15H,8H2,1-2H3/t11-,12-,13-,15?/m0/s1. The van der Waals surface area contributed by atoms with Crippen LogP contribution in [0.5, 0.6) is 0 Å². The number of carbonyl (C=O) groups excluding carboxylic acids is 3. The molecule has 1 aromatic carbocycles. The van der Waals surface area contributed by atoms with E-state index < -0.39 is 42.6 Å². The minimum atomic E-state index is -1.34. The number of hydrogen-bond acceptors (Lipinski definition) is 9. The van der Waals surface area contributed by atoms with Crippen molar-refractivity contribution < 1.29 is 38.1 Å². The van der Waals surface area contributed by atoms with Gasteiger partial charge in [-0.25, -0.2) is 9.59 Å². The summed E-state index contributed by atoms with van der Waals surface area (Å²) >= 11 is 0. The summed E-state index contributed by atoms with van der Waals surface area (Å²) in [5, 5.41) is 3.55. The number of ether oxygens (including phenoxy) is 5. The Morgan fingerprint density at radius 1 is 1.22 bits per heavy atom. The van der Waals surface area contributed by atoms with E-state index in [1.807, 2.05) is 0 Å². The van der Waals surface area contributed by atoms with Crippen LogP contribution in [0.15, 0.2) is 35.4 Å². The number of nitrogens with zero attached hydrogens (tertiary/aromatic N) is 3. The summed E-state index contributed by atoms with van der Waals surface area (Å²) in [7, 11) is 1.12. The van der Waals surface area contributed by atoms with Gasteiger partial charge < -0.3 is 23.7 Å². The predicted octanol–water partition coefficient (Wildman–Crippen LogP) is 1.96. The van der Waals surface area contributed by atoms with Crippen LogP contribution < -0.4 is 0 Å². The van der Waals surface area contributed by atoms with Crippen LogP contribution in [0.2, 0.25) is 0 Å². The van der Waals surface area contributed by atoms with Gasteiger partial charge in [0.15, 0.2) is 6.10 Å². The van der Waals surface area contributed by atoms with Crippen LogP contribution in [0, 0.1) is 0 Å². The van der Waals surface area contributed by atoms with E-state index in [-0.39, 0.29) is 12.2 Å². The average molecular weight is 379 g/mol. The number of carbonyl (C=O) groups is 3. The van der Waals surface area contributed by atoms with Crippen LogP contribution in [0.25, 0.3) is 10.4 Å². The van der Waals surface area contributed by atoms with Gasteiger partial charge in [0.25, 0.3) is 0 Å². The van der Waals surface area contributed by atoms with Gasteiger partial charge in [-0.1, -0.05) is 23.3 Å². The van der Waals surface area contributed by atoms with Gasteiger partial charge in [-0.05, 0) is 17.7 Å². The number of methoxy groups -OCH3 is 1. The minimum Gasteiger partial charge on any atom is -0.452 e. The third-order valence-electron chi connectivity index (χ3n) is 3.55. The summed E-state index contributed by atoms with van der Waals surface area (Å²) in [5.41, 5.74) is 9.07. The third-order valence-corrected chi connectivity index (χ3v) is 3.55. The second-order valence-corrected chi connectivity index (χ2v) is 5.35. The highest BCUT2D eigenvalue weighted by atomic mass is 16.8. The van der Waals surface area contributed by atoms with Crippen molar-refractivity contribution in [1.82, 2.24) is 0 Å². The van der Waals surface area contributed by atoms with Crippen molar-refractivity contribution in [1.29, 1.82) is 0 Å². The summed E-state index contributed by atoms with van der Waals surface area (Å²) in [6, 6.07) is 6.96. The molecule has 0 saturated carbocycles. The maximum Gasteiger partial charge on any atom is 0.508 e. The molecule has 0 bridgehead atoms. The van der Waals surface area contributed by atoms with Gasteiger partial charge in [0, 0.05) is 11.8 Å². The minimum absolute atomic E-state index is 0.244. The molecule has 1 unspecified atom stereocenters. The number of benzene rings is 1. The van der Waals surface area contributed by atoms with E-state index in [1.54, 1.807) is 18.2 Å². The summed E-state index contributed by atoms with van der Waals surface area (Å²) in [4.78, 5) is 37.5. The first-order valence-corrected chi connectivity index (χ1v) is 7.80. The predicted molar refractivity (Wildman–Crippen MR) is 87.4 cm³/mol. The summed E-state index contributed by atoms with van der Waals surface area (Å²) in [6.45, 7) is 0.772. The smallest absolute Gasteiger partial charge is 0.452 e. The molecular formula is C16H17N3O8. The highest BCUT2D eigenvalue weighted by molar-refractivity contribution is 5.89. The van der Waals surface area contributed by atoms with Crippen molar-refractivity contribution in [3.05, 3.63) is 46.3 Å². The lowest BCUT2D eigenvalue weighted by molar-refractivity contribution is -0.188. The highest BCUT2D eigenvalue weighted by Crippen LogP contribution is 2.29. The van der Waals surface area contributed by atoms with Crippen LogP contribution in [0.3, 0.4) is 0 Å². The molecule has 1 aliphatic rings. The molecule has 11 nitrogen and oxygen atoms in total. The first-order chi connectivity index (χ1) is 13.0. The fraction of sp³-hybridized carbons (Fsp3) is 0.438. The lowest BCUT2D eigenvalue weighted by Gasteiger charge is -2.20. The Kier molecular flexibility index (Phi) is 6.98. The van der Waals surface area contributed by atoms with Gasteiger partial charge in [-0.15, -0.1) is 0 Å². The van der Waals surface area contributed by atoms with Crippen LogP contribution in [-0.4, -0.2) is 56.4 Å². The second-order valence-electron chi connectivity index (χ2n) is 5.35. The van der Waals surface area contributed by atoms with Crippen molar-refractivity contribution in [2.24, 2.45) is 5.11 Å². The molecule has 2 rings (SSSR count). The molecule has 1 aliphatic heterocycles. The lowest BCUT2D eigenvalue weighted by atomic mass is 10.1. The van der Waals surface area contributed by atoms with Gasteiger partial charge in [-0.2, -0.15) is 0 Å². The van der Waals surface area contributed by atoms with Crippen molar-refractivity contribution in [3.63, 3.8) is 0 Å². The maximum absolute atomic E-state index is 12.3. The maximum atomic E-state index is 12.3. The zero-order valence-electron chi connectivity index (χ0n) is 14.5. The Hall–Kier alpha value is -3.30. The average Bonchev–Trinajstić information content (AvgIpc) is 2.96. The molecule has 11 heteroatoms. The normalized spacial score (nSPS) is 23.6. The summed E-state index contributed by atoms with van der Waals surface area (Å²) < 4.78 is 25.0. The topological polar surface area (TPSA) is 146 Å². The molecule has 1 aromatic rings. The highest BCUT2D eigenvalue weighted by Gasteiger charge is 2.49. The van der Waals surface area contributed by atoms with E-state index in [9.17, 15) is 14.4 Å². The molecule has 1 saturated heterocycles. The van der Waals surface area contributed by atoms with E-state index in [4.69, 9.17) is 24.5 Å². The van der Waals surface area contributed by atoms with Gasteiger partial charge in [0.05, 0.1) is 12.7 Å². The van der Waals surface area contributed by atoms with Crippen LogP contribution in [0.1, 0.15) is 17.3 Å². The Balaban J connectivity index is 2.21. The monoisotopic (exact) mass is 379 g/mol. The van der Waals surface area contributed by atoms with E-state index >= 15 is 0 Å². The van der Waals surface area contributed by atoms with Gasteiger partial charge >= 0.3 is 18.1 Å². The number of azide groups is 1. The summed E-state index contributed by atoms with van der Waals surface area (Å²) in [6.07, 6.45) is -4.56. The van der Waals surface area contributed by atoms with Crippen molar-refractivity contribution in [3.8, 4) is 0 Å². The van der Waals surface area contributed by atoms with E-state index in [0.29, 0.717) is 0 Å². The van der Waals surface area contributed by atoms with Gasteiger partial charge in [0.1, 0.15) is 18.8 Å². The van der Waals surface area contributed by atoms with Crippen molar-refractivity contribution >= 4 is 18.1 Å². The second kappa shape index (κ2) is 9.41. The van der Waals surface area contributed by atoms with Crippen molar-refractivity contribution in [2.45, 2.75) is 31.5 Å². The fourth-order valence-electron chi connectivity index (χ4n) is 2.40. The molecule has 0 spiro atoms. The summed E-state index contributed by atoms with van der Waals surface area (Å²) in [5.74, 6) is -1.43. The molecule has 1 heterocycles. The van der Waals surface area contributed by atoms with E-state index in [0.717, 1.165) is 14.0 Å². The van der Waals surface area contributed by atoms with E-state index in [2.05, 4.69) is 14.8 Å². The zero-order chi connectivity index (χ0) is 19.8. The Bertz CT molecular complexity index is 734. The molecule has 4 atom stereocenters. The molecule has 27 heavy (non-hydrogen) atoms. The first-order valence-electron chi connectivity index (χ1n) is 7.80. The molecule has 0 amide bonds. The third kappa shape index (κ3) is 5.33. The zero-order valence-corrected chi connectivity index (χ0v) is 14.5. The van der Waals surface area contributed by atoms with E-state index in [1.165, 1.54) is 12.1 Å².